The van der Waals surface area contributed by atoms with Crippen molar-refractivity contribution in [3.8, 4) is 6.07 Å². The molecule has 86 valence electrons. The molecule has 0 unspecified atom stereocenters. The zero-order valence-corrected chi connectivity index (χ0v) is 12.1. The second-order valence-corrected chi connectivity index (χ2v) is 12.8. The molecule has 0 heterocycles. The summed E-state index contributed by atoms with van der Waals surface area (Å²) in [5.41, 5.74) is 0. The van der Waals surface area contributed by atoms with Gasteiger partial charge in [-0.1, -0.05) is 6.58 Å². The van der Waals surface area contributed by atoms with Crippen LogP contribution in [0, 0.1) is 11.3 Å². The van der Waals surface area contributed by atoms with Gasteiger partial charge in [0.15, 0.2) is 0 Å². The molecule has 0 aliphatic heterocycles. The summed E-state index contributed by atoms with van der Waals surface area (Å²) < 4.78 is 5.80. The van der Waals surface area contributed by atoms with Crippen LogP contribution in [0.25, 0.3) is 0 Å². The largest absolute Gasteiger partial charge is 0.549 e. The molecule has 0 saturated heterocycles. The lowest BCUT2D eigenvalue weighted by Gasteiger charge is -2.29. The van der Waals surface area contributed by atoms with Gasteiger partial charge in [0.1, 0.15) is 0 Å². The van der Waals surface area contributed by atoms with Crippen molar-refractivity contribution in [2.75, 3.05) is 0 Å². The molecule has 0 aliphatic rings. The van der Waals surface area contributed by atoms with Crippen molar-refractivity contribution >= 4 is 16.6 Å². The molecule has 0 aliphatic carbocycles. The number of unbranched alkanes of at least 4 members (excludes halogenated alkanes) is 1. The Kier molecular flexibility index (Phi) is 5.28. The van der Waals surface area contributed by atoms with Crippen LogP contribution < -0.4 is 0 Å². The van der Waals surface area contributed by atoms with Gasteiger partial charge in [0.2, 0.25) is 8.32 Å². The smallest absolute Gasteiger partial charge is 0.250 e. The summed E-state index contributed by atoms with van der Waals surface area (Å²) in [6.45, 7) is 11.6. The maximum Gasteiger partial charge on any atom is 0.250 e. The summed E-state index contributed by atoms with van der Waals surface area (Å²) >= 11 is 0. The van der Waals surface area contributed by atoms with Gasteiger partial charge < -0.3 is 9.22 Å². The lowest BCUT2D eigenvalue weighted by Crippen LogP contribution is -2.38. The van der Waals surface area contributed by atoms with E-state index in [0.717, 1.165) is 12.5 Å². The number of rotatable bonds is 6. The summed E-state index contributed by atoms with van der Waals surface area (Å²) in [5.74, 6) is 0. The van der Waals surface area contributed by atoms with Crippen LogP contribution in [0.1, 0.15) is 12.8 Å². The fourth-order valence-corrected chi connectivity index (χ4v) is 4.73. The Morgan fingerprint density at radius 2 is 1.93 bits per heavy atom. The molecule has 3 nitrogen and oxygen atoms in total. The maximum absolute atomic E-state index is 9.81. The quantitative estimate of drug-likeness (QED) is 0.443. The highest BCUT2D eigenvalue weighted by Gasteiger charge is 2.31. The van der Waals surface area contributed by atoms with Crippen molar-refractivity contribution < 1.29 is 9.22 Å². The molecule has 1 N–H and O–H groups in total. The van der Waals surface area contributed by atoms with Gasteiger partial charge in [-0.2, -0.15) is 5.26 Å². The number of nitriles is 1. The van der Waals surface area contributed by atoms with Crippen LogP contribution in [0.5, 0.6) is 0 Å². The molecule has 0 atom stereocenters. The van der Waals surface area contributed by atoms with Gasteiger partial charge in [0.05, 0.1) is 11.5 Å². The highest BCUT2D eigenvalue weighted by molar-refractivity contribution is 6.79. The van der Waals surface area contributed by atoms with Crippen LogP contribution in [0.3, 0.4) is 0 Å². The molecule has 0 radical (unpaired) electrons. The molecule has 0 saturated carbocycles. The SMILES string of the molecule is C=C(O[Si](C)(C)CCCC#N)[Si](C)(C)O. The maximum atomic E-state index is 9.81. The first-order chi connectivity index (χ1) is 6.69. The third-order valence-electron chi connectivity index (χ3n) is 2.15. The highest BCUT2D eigenvalue weighted by atomic mass is 28.4. The molecule has 0 fully saturated rings. The lowest BCUT2D eigenvalue weighted by atomic mass is 10.4. The molecular formula is C10H21NO2Si2. The van der Waals surface area contributed by atoms with Crippen molar-refractivity contribution in [1.82, 2.24) is 0 Å². The molecular weight excluding hydrogens is 222 g/mol. The minimum Gasteiger partial charge on any atom is -0.549 e. The first kappa shape index (κ1) is 14.4. The van der Waals surface area contributed by atoms with Crippen molar-refractivity contribution in [2.45, 2.75) is 45.1 Å². The van der Waals surface area contributed by atoms with E-state index in [1.54, 1.807) is 13.1 Å². The van der Waals surface area contributed by atoms with E-state index in [9.17, 15) is 4.80 Å². The Morgan fingerprint density at radius 1 is 1.40 bits per heavy atom. The van der Waals surface area contributed by atoms with E-state index in [0.29, 0.717) is 11.8 Å². The molecule has 0 rings (SSSR count). The molecule has 0 bridgehead atoms. The van der Waals surface area contributed by atoms with E-state index in [1.807, 2.05) is 0 Å². The normalized spacial score (nSPS) is 12.0. The van der Waals surface area contributed by atoms with Crippen LogP contribution in [0.2, 0.25) is 32.2 Å². The molecule has 0 aromatic carbocycles. The van der Waals surface area contributed by atoms with E-state index in [4.69, 9.17) is 9.69 Å². The van der Waals surface area contributed by atoms with Gasteiger partial charge in [-0.05, 0) is 38.7 Å². The van der Waals surface area contributed by atoms with Crippen molar-refractivity contribution in [2.24, 2.45) is 0 Å². The van der Waals surface area contributed by atoms with E-state index in [1.165, 1.54) is 0 Å². The third kappa shape index (κ3) is 6.49. The Balaban J connectivity index is 4.15. The predicted molar refractivity (Wildman–Crippen MR) is 67.1 cm³/mol. The Morgan fingerprint density at radius 3 is 2.33 bits per heavy atom. The number of hydrogen-bond donors (Lipinski definition) is 1. The summed E-state index contributed by atoms with van der Waals surface area (Å²) in [7, 11) is -4.15. The average Bonchev–Trinajstić information content (AvgIpc) is 2.01. The Bertz CT molecular complexity index is 264. The minimum atomic E-state index is -2.36. The van der Waals surface area contributed by atoms with Gasteiger partial charge in [-0.3, -0.25) is 0 Å². The summed E-state index contributed by atoms with van der Waals surface area (Å²) in [6, 6.07) is 3.06. The summed E-state index contributed by atoms with van der Waals surface area (Å²) in [6.07, 6.45) is 1.45. The van der Waals surface area contributed by atoms with Crippen molar-refractivity contribution in [3.05, 3.63) is 12.0 Å². The molecule has 0 amide bonds. The van der Waals surface area contributed by atoms with Crippen LogP contribution in [-0.2, 0) is 4.43 Å². The third-order valence-corrected chi connectivity index (χ3v) is 6.18. The minimum absolute atomic E-state index is 0.566. The van der Waals surface area contributed by atoms with E-state index in [-0.39, 0.29) is 0 Å². The Hall–Kier alpha value is -0.576. The summed E-state index contributed by atoms with van der Waals surface area (Å²) in [4.78, 5) is 9.81. The Labute approximate surface area is 94.6 Å². The van der Waals surface area contributed by atoms with Gasteiger partial charge >= 0.3 is 0 Å². The lowest BCUT2D eigenvalue weighted by molar-refractivity contribution is 0.415. The van der Waals surface area contributed by atoms with Gasteiger partial charge in [-0.25, -0.2) is 0 Å². The first-order valence-corrected chi connectivity index (χ1v) is 11.2. The van der Waals surface area contributed by atoms with Crippen LogP contribution >= 0.6 is 0 Å². The second-order valence-electron chi connectivity index (χ2n) is 4.86. The summed E-state index contributed by atoms with van der Waals surface area (Å²) in [5, 5.41) is 9.01. The zero-order chi connectivity index (χ0) is 12.1. The molecule has 0 spiro atoms. The molecule has 0 aromatic rings. The topological polar surface area (TPSA) is 53.2 Å². The highest BCUT2D eigenvalue weighted by Crippen LogP contribution is 2.22. The molecule has 5 heteroatoms. The van der Waals surface area contributed by atoms with Crippen LogP contribution in [0.4, 0.5) is 0 Å². The van der Waals surface area contributed by atoms with E-state index < -0.39 is 16.6 Å². The van der Waals surface area contributed by atoms with Crippen molar-refractivity contribution in [3.63, 3.8) is 0 Å². The molecule has 15 heavy (non-hydrogen) atoms. The zero-order valence-electron chi connectivity index (χ0n) is 10.1. The number of nitrogens with zero attached hydrogens (tertiary/aromatic N) is 1. The monoisotopic (exact) mass is 243 g/mol. The standard InChI is InChI=1S/C10H21NO2Si2/c1-10(15(4,5)12)13-14(2,3)9-7-6-8-11/h12H,1,6-7,9H2,2-5H3. The fourth-order valence-electron chi connectivity index (χ4n) is 1.10. The fraction of sp³-hybridized carbons (Fsp3) is 0.700. The van der Waals surface area contributed by atoms with Crippen LogP contribution in [-0.4, -0.2) is 21.4 Å². The van der Waals surface area contributed by atoms with Gasteiger partial charge in [0, 0.05) is 6.42 Å². The van der Waals surface area contributed by atoms with E-state index >= 15 is 0 Å². The average molecular weight is 243 g/mol. The first-order valence-electron chi connectivity index (χ1n) is 5.17. The van der Waals surface area contributed by atoms with E-state index in [2.05, 4.69) is 25.7 Å². The van der Waals surface area contributed by atoms with Crippen molar-refractivity contribution in [1.29, 1.82) is 5.26 Å². The molecule has 0 aromatic heterocycles. The second kappa shape index (κ2) is 5.49. The number of hydrogen-bond acceptors (Lipinski definition) is 3. The van der Waals surface area contributed by atoms with Gasteiger partial charge in [-0.15, -0.1) is 0 Å². The van der Waals surface area contributed by atoms with Crippen LogP contribution in [0.15, 0.2) is 12.0 Å². The van der Waals surface area contributed by atoms with Gasteiger partial charge in [0.25, 0.3) is 8.32 Å². The predicted octanol–water partition coefficient (Wildman–Crippen LogP) is 2.76.